The third-order valence-corrected chi connectivity index (χ3v) is 1.40. The average molecular weight is 120 g/mol. The maximum atomic E-state index is 2.22. The van der Waals surface area contributed by atoms with Crippen LogP contribution in [0.2, 0.25) is 0 Å². The summed E-state index contributed by atoms with van der Waals surface area (Å²) >= 11 is 0. The summed E-state index contributed by atoms with van der Waals surface area (Å²) in [5, 5.41) is 0. The average Bonchev–Trinajstić information content (AvgIpc) is 1.91. The van der Waals surface area contributed by atoms with E-state index in [2.05, 4.69) is 43.4 Å². The molecule has 0 heteroatoms. The maximum Gasteiger partial charge on any atom is 0.0127 e. The van der Waals surface area contributed by atoms with Crippen LogP contribution in [0.3, 0.4) is 0 Å². The van der Waals surface area contributed by atoms with Gasteiger partial charge in [0.05, 0.1) is 0 Å². The zero-order valence-electron chi connectivity index (χ0n) is 5.75. The summed E-state index contributed by atoms with van der Waals surface area (Å²) in [6, 6.07) is 0. The molecule has 0 aliphatic heterocycles. The van der Waals surface area contributed by atoms with Crippen molar-refractivity contribution in [3.63, 3.8) is 0 Å². The highest BCUT2D eigenvalue weighted by Crippen LogP contribution is 2.09. The van der Waals surface area contributed by atoms with E-state index < -0.39 is 0 Å². The van der Waals surface area contributed by atoms with Gasteiger partial charge < -0.3 is 0 Å². The van der Waals surface area contributed by atoms with Gasteiger partial charge in [0.15, 0.2) is 0 Å². The lowest BCUT2D eigenvalue weighted by molar-refractivity contribution is 1.02. The highest BCUT2D eigenvalue weighted by Gasteiger charge is 1.94. The Hall–Kier alpha value is -0.780. The molecule has 0 fully saturated rings. The van der Waals surface area contributed by atoms with E-state index in [0.717, 1.165) is 6.42 Å². The normalized spacial score (nSPS) is 19.7. The first kappa shape index (κ1) is 6.34. The minimum absolute atomic E-state index is 0.559. The van der Waals surface area contributed by atoms with Crippen LogP contribution in [0.25, 0.3) is 0 Å². The SMILES string of the molecule is C/C=C\C1C=CCC=C1. The van der Waals surface area contributed by atoms with Crippen molar-refractivity contribution in [2.75, 3.05) is 0 Å². The summed E-state index contributed by atoms with van der Waals surface area (Å²) in [4.78, 5) is 0. The zero-order chi connectivity index (χ0) is 6.53. The highest BCUT2D eigenvalue weighted by molar-refractivity contribution is 5.15. The summed E-state index contributed by atoms with van der Waals surface area (Å²) in [5.41, 5.74) is 0. The molecular weight excluding hydrogens is 108 g/mol. The molecular formula is C9H12. The van der Waals surface area contributed by atoms with Crippen LogP contribution < -0.4 is 0 Å². The van der Waals surface area contributed by atoms with Gasteiger partial charge in [-0.3, -0.25) is 0 Å². The lowest BCUT2D eigenvalue weighted by Crippen LogP contribution is -1.87. The standard InChI is InChI=1S/C9H12/c1-2-6-9-7-4-3-5-8-9/h2,4-9H,3H2,1H3/b6-2-. The van der Waals surface area contributed by atoms with Crippen molar-refractivity contribution in [3.05, 3.63) is 36.5 Å². The topological polar surface area (TPSA) is 0 Å². The summed E-state index contributed by atoms with van der Waals surface area (Å²) in [7, 11) is 0. The Labute approximate surface area is 56.6 Å². The van der Waals surface area contributed by atoms with Crippen LogP contribution in [0.1, 0.15) is 13.3 Å². The second-order valence-electron chi connectivity index (χ2n) is 2.20. The van der Waals surface area contributed by atoms with Crippen LogP contribution in [-0.2, 0) is 0 Å². The molecule has 0 amide bonds. The largest absolute Gasteiger partial charge is 0.0908 e. The van der Waals surface area contributed by atoms with E-state index in [9.17, 15) is 0 Å². The van der Waals surface area contributed by atoms with E-state index in [1.807, 2.05) is 0 Å². The van der Waals surface area contributed by atoms with E-state index in [-0.39, 0.29) is 0 Å². The van der Waals surface area contributed by atoms with E-state index in [1.165, 1.54) is 0 Å². The Morgan fingerprint density at radius 3 is 2.56 bits per heavy atom. The molecule has 0 aromatic heterocycles. The van der Waals surface area contributed by atoms with Crippen LogP contribution in [0.15, 0.2) is 36.5 Å². The second kappa shape index (κ2) is 3.29. The number of hydrogen-bond acceptors (Lipinski definition) is 0. The minimum Gasteiger partial charge on any atom is -0.0908 e. The second-order valence-corrected chi connectivity index (χ2v) is 2.20. The third kappa shape index (κ3) is 1.88. The lowest BCUT2D eigenvalue weighted by atomic mass is 10.0. The molecule has 0 bridgehead atoms. The van der Waals surface area contributed by atoms with Gasteiger partial charge in [-0.25, -0.2) is 0 Å². The van der Waals surface area contributed by atoms with Crippen LogP contribution in [-0.4, -0.2) is 0 Å². The predicted molar refractivity (Wildman–Crippen MR) is 41.2 cm³/mol. The van der Waals surface area contributed by atoms with Gasteiger partial charge in [0.25, 0.3) is 0 Å². The summed E-state index contributed by atoms with van der Waals surface area (Å²) < 4.78 is 0. The molecule has 1 aliphatic carbocycles. The highest BCUT2D eigenvalue weighted by atomic mass is 14.0. The molecule has 48 valence electrons. The van der Waals surface area contributed by atoms with Crippen LogP contribution >= 0.6 is 0 Å². The summed E-state index contributed by atoms with van der Waals surface area (Å²) in [6.07, 6.45) is 14.2. The monoisotopic (exact) mass is 120 g/mol. The predicted octanol–water partition coefficient (Wildman–Crippen LogP) is 2.69. The van der Waals surface area contributed by atoms with Gasteiger partial charge in [-0.05, 0) is 13.3 Å². The fraction of sp³-hybridized carbons (Fsp3) is 0.333. The minimum atomic E-state index is 0.559. The number of allylic oxidation sites excluding steroid dienone is 6. The Balaban J connectivity index is 2.49. The van der Waals surface area contributed by atoms with Crippen molar-refractivity contribution in [3.8, 4) is 0 Å². The molecule has 0 nitrogen and oxygen atoms in total. The molecule has 9 heavy (non-hydrogen) atoms. The van der Waals surface area contributed by atoms with Crippen LogP contribution in [0.5, 0.6) is 0 Å². The van der Waals surface area contributed by atoms with Gasteiger partial charge in [0.2, 0.25) is 0 Å². The van der Waals surface area contributed by atoms with E-state index in [0.29, 0.717) is 5.92 Å². The molecule has 1 rings (SSSR count). The first-order chi connectivity index (χ1) is 4.43. The molecule has 0 saturated heterocycles. The molecule has 0 N–H and O–H groups in total. The molecule has 0 spiro atoms. The molecule has 1 aliphatic rings. The van der Waals surface area contributed by atoms with Gasteiger partial charge in [0.1, 0.15) is 0 Å². The third-order valence-electron chi connectivity index (χ3n) is 1.40. The van der Waals surface area contributed by atoms with Crippen LogP contribution in [0.4, 0.5) is 0 Å². The Morgan fingerprint density at radius 2 is 2.00 bits per heavy atom. The number of hydrogen-bond donors (Lipinski definition) is 0. The number of rotatable bonds is 1. The Kier molecular flexibility index (Phi) is 2.32. The first-order valence-electron chi connectivity index (χ1n) is 3.39. The van der Waals surface area contributed by atoms with E-state index in [1.54, 1.807) is 0 Å². The van der Waals surface area contributed by atoms with Crippen molar-refractivity contribution in [2.45, 2.75) is 13.3 Å². The molecule has 0 radical (unpaired) electrons. The summed E-state index contributed by atoms with van der Waals surface area (Å²) in [5.74, 6) is 0.559. The van der Waals surface area contributed by atoms with Gasteiger partial charge >= 0.3 is 0 Å². The molecule has 0 atom stereocenters. The molecule has 0 aromatic carbocycles. The fourth-order valence-electron chi connectivity index (χ4n) is 0.965. The molecule has 0 saturated carbocycles. The zero-order valence-corrected chi connectivity index (χ0v) is 5.75. The van der Waals surface area contributed by atoms with Crippen molar-refractivity contribution in [1.82, 2.24) is 0 Å². The summed E-state index contributed by atoms with van der Waals surface area (Å²) in [6.45, 7) is 2.05. The Morgan fingerprint density at radius 1 is 1.33 bits per heavy atom. The smallest absolute Gasteiger partial charge is 0.0127 e. The molecule has 0 unspecified atom stereocenters. The maximum absolute atomic E-state index is 2.22. The van der Waals surface area contributed by atoms with Gasteiger partial charge in [0, 0.05) is 5.92 Å². The fourth-order valence-corrected chi connectivity index (χ4v) is 0.965. The molecule has 0 aromatic rings. The van der Waals surface area contributed by atoms with Gasteiger partial charge in [-0.1, -0.05) is 36.5 Å². The Bertz CT molecular complexity index is 135. The van der Waals surface area contributed by atoms with Crippen LogP contribution in [0, 0.1) is 5.92 Å². The quantitative estimate of drug-likeness (QED) is 0.467. The van der Waals surface area contributed by atoms with Gasteiger partial charge in [-0.2, -0.15) is 0 Å². The van der Waals surface area contributed by atoms with Gasteiger partial charge in [-0.15, -0.1) is 0 Å². The van der Waals surface area contributed by atoms with Crippen molar-refractivity contribution in [2.24, 2.45) is 5.92 Å². The van der Waals surface area contributed by atoms with Crippen molar-refractivity contribution >= 4 is 0 Å². The van der Waals surface area contributed by atoms with Crippen molar-refractivity contribution < 1.29 is 0 Å². The van der Waals surface area contributed by atoms with E-state index in [4.69, 9.17) is 0 Å². The molecule has 0 heterocycles. The van der Waals surface area contributed by atoms with Crippen molar-refractivity contribution in [1.29, 1.82) is 0 Å². The first-order valence-corrected chi connectivity index (χ1v) is 3.39. The lowest BCUT2D eigenvalue weighted by Gasteiger charge is -2.02. The van der Waals surface area contributed by atoms with E-state index >= 15 is 0 Å².